The van der Waals surface area contributed by atoms with Gasteiger partial charge in [-0.25, -0.2) is 4.39 Å². The Morgan fingerprint density at radius 3 is 3.05 bits per heavy atom. The van der Waals surface area contributed by atoms with Gasteiger partial charge in [0.25, 0.3) is 5.91 Å². The molecule has 1 N–H and O–H groups in total. The Labute approximate surface area is 119 Å². The van der Waals surface area contributed by atoms with Crippen LogP contribution in [0.4, 0.5) is 4.39 Å². The van der Waals surface area contributed by atoms with E-state index in [1.165, 1.54) is 12.1 Å². The van der Waals surface area contributed by atoms with Gasteiger partial charge in [0, 0.05) is 11.0 Å². The molecule has 1 heterocycles. The second-order valence-electron chi connectivity index (χ2n) is 4.43. The lowest BCUT2D eigenvalue weighted by atomic mass is 10.2. The van der Waals surface area contributed by atoms with Crippen LogP contribution < -0.4 is 4.74 Å². The van der Waals surface area contributed by atoms with Crippen molar-refractivity contribution in [3.05, 3.63) is 28.5 Å². The van der Waals surface area contributed by atoms with Crippen LogP contribution in [-0.4, -0.2) is 41.7 Å². The van der Waals surface area contributed by atoms with Crippen LogP contribution in [0, 0.1) is 5.82 Å². The quantitative estimate of drug-likeness (QED) is 0.917. The highest BCUT2D eigenvalue weighted by atomic mass is 79.9. The van der Waals surface area contributed by atoms with E-state index in [9.17, 15) is 9.18 Å². The Kier molecular flexibility index (Phi) is 4.76. The highest BCUT2D eigenvalue weighted by molar-refractivity contribution is 9.10. The molecule has 0 unspecified atom stereocenters. The van der Waals surface area contributed by atoms with Gasteiger partial charge in [-0.05, 0) is 31.0 Å². The zero-order chi connectivity index (χ0) is 13.8. The number of likely N-dealkylation sites (tertiary alicyclic amines) is 1. The van der Waals surface area contributed by atoms with Crippen molar-refractivity contribution >= 4 is 21.8 Å². The van der Waals surface area contributed by atoms with Gasteiger partial charge in [-0.15, -0.1) is 0 Å². The minimum absolute atomic E-state index is 0.0433. The summed E-state index contributed by atoms with van der Waals surface area (Å²) >= 11 is 3.15. The molecule has 1 aromatic carbocycles. The predicted molar refractivity (Wildman–Crippen MR) is 71.4 cm³/mol. The average molecular weight is 332 g/mol. The summed E-state index contributed by atoms with van der Waals surface area (Å²) in [6, 6.07) is 4.27. The molecule has 1 amide bonds. The number of rotatable bonds is 4. The first kappa shape index (κ1) is 14.3. The van der Waals surface area contributed by atoms with E-state index in [0.29, 0.717) is 11.0 Å². The number of hydrogen-bond acceptors (Lipinski definition) is 3. The third kappa shape index (κ3) is 3.45. The van der Waals surface area contributed by atoms with Gasteiger partial charge in [0.2, 0.25) is 0 Å². The van der Waals surface area contributed by atoms with Gasteiger partial charge < -0.3 is 14.7 Å². The average Bonchev–Trinajstić information content (AvgIpc) is 2.85. The van der Waals surface area contributed by atoms with Crippen LogP contribution in [-0.2, 0) is 4.79 Å². The molecule has 1 fully saturated rings. The monoisotopic (exact) mass is 331 g/mol. The van der Waals surface area contributed by atoms with E-state index in [-0.39, 0.29) is 30.9 Å². The summed E-state index contributed by atoms with van der Waals surface area (Å²) in [5.74, 6) is -0.683. The van der Waals surface area contributed by atoms with Crippen molar-refractivity contribution in [3.63, 3.8) is 0 Å². The Hall–Kier alpha value is -1.14. The van der Waals surface area contributed by atoms with E-state index in [4.69, 9.17) is 9.84 Å². The maximum atomic E-state index is 13.5. The molecule has 1 saturated heterocycles. The van der Waals surface area contributed by atoms with Crippen LogP contribution in [0.15, 0.2) is 22.7 Å². The topological polar surface area (TPSA) is 49.8 Å². The van der Waals surface area contributed by atoms with Crippen LogP contribution in [0.5, 0.6) is 5.75 Å². The zero-order valence-corrected chi connectivity index (χ0v) is 11.9. The number of carbonyl (C=O) groups excluding carboxylic acids is 1. The molecular weight excluding hydrogens is 317 g/mol. The fourth-order valence-electron chi connectivity index (χ4n) is 2.17. The third-order valence-corrected chi connectivity index (χ3v) is 3.65. The molecule has 0 saturated carbocycles. The van der Waals surface area contributed by atoms with E-state index in [2.05, 4.69) is 15.9 Å². The molecule has 0 aliphatic carbocycles. The van der Waals surface area contributed by atoms with Gasteiger partial charge in [-0.3, -0.25) is 4.79 Å². The normalized spacial score (nSPS) is 18.7. The Morgan fingerprint density at radius 1 is 1.58 bits per heavy atom. The van der Waals surface area contributed by atoms with E-state index < -0.39 is 5.82 Å². The molecule has 2 rings (SSSR count). The summed E-state index contributed by atoms with van der Waals surface area (Å²) in [6.07, 6.45) is 1.68. The van der Waals surface area contributed by atoms with Crippen molar-refractivity contribution in [2.75, 3.05) is 19.8 Å². The molecule has 104 valence electrons. The van der Waals surface area contributed by atoms with E-state index in [1.54, 1.807) is 11.0 Å². The smallest absolute Gasteiger partial charge is 0.260 e. The standard InChI is InChI=1S/C13H15BrFNO3/c14-9-3-4-12(11(15)6-9)19-8-13(18)16-5-1-2-10(16)7-17/h3-4,6,10,17H,1-2,5,7-8H2/t10-/m0/s1. The van der Waals surface area contributed by atoms with Crippen LogP contribution in [0.3, 0.4) is 0 Å². The molecule has 0 bridgehead atoms. The van der Waals surface area contributed by atoms with Gasteiger partial charge in [-0.1, -0.05) is 15.9 Å². The number of aliphatic hydroxyl groups excluding tert-OH is 1. The summed E-state index contributed by atoms with van der Waals surface area (Å²) in [5.41, 5.74) is 0. The second-order valence-corrected chi connectivity index (χ2v) is 5.34. The van der Waals surface area contributed by atoms with Crippen molar-refractivity contribution in [2.45, 2.75) is 18.9 Å². The predicted octanol–water partition coefficient (Wildman–Crippen LogP) is 1.95. The molecule has 6 heteroatoms. The molecule has 1 atom stereocenters. The lowest BCUT2D eigenvalue weighted by Crippen LogP contribution is -2.40. The summed E-state index contributed by atoms with van der Waals surface area (Å²) in [7, 11) is 0. The fraction of sp³-hybridized carbons (Fsp3) is 0.462. The zero-order valence-electron chi connectivity index (χ0n) is 10.3. The van der Waals surface area contributed by atoms with Gasteiger partial charge in [0.15, 0.2) is 18.2 Å². The van der Waals surface area contributed by atoms with E-state index in [0.717, 1.165) is 12.8 Å². The largest absolute Gasteiger partial charge is 0.481 e. The summed E-state index contributed by atoms with van der Waals surface area (Å²) in [5, 5.41) is 9.15. The molecular formula is C13H15BrFNO3. The summed E-state index contributed by atoms with van der Waals surface area (Å²) in [4.78, 5) is 13.5. The van der Waals surface area contributed by atoms with Crippen LogP contribution in [0.1, 0.15) is 12.8 Å². The van der Waals surface area contributed by atoms with Crippen molar-refractivity contribution in [2.24, 2.45) is 0 Å². The lowest BCUT2D eigenvalue weighted by molar-refractivity contribution is -0.134. The molecule has 1 aliphatic rings. The van der Waals surface area contributed by atoms with E-state index in [1.807, 2.05) is 0 Å². The molecule has 4 nitrogen and oxygen atoms in total. The molecule has 0 radical (unpaired) electrons. The number of carbonyl (C=O) groups is 1. The maximum absolute atomic E-state index is 13.5. The molecule has 0 spiro atoms. The van der Waals surface area contributed by atoms with Crippen LogP contribution in [0.25, 0.3) is 0 Å². The Morgan fingerprint density at radius 2 is 2.37 bits per heavy atom. The SMILES string of the molecule is O=C(COc1ccc(Br)cc1F)N1CCC[C@H]1CO. The highest BCUT2D eigenvalue weighted by Gasteiger charge is 2.28. The number of ether oxygens (including phenoxy) is 1. The van der Waals surface area contributed by atoms with E-state index >= 15 is 0 Å². The molecule has 1 aromatic rings. The minimum Gasteiger partial charge on any atom is -0.481 e. The van der Waals surface area contributed by atoms with Crippen molar-refractivity contribution < 1.29 is 19.0 Å². The summed E-state index contributed by atoms with van der Waals surface area (Å²) in [6.45, 7) is 0.365. The van der Waals surface area contributed by atoms with Crippen molar-refractivity contribution in [1.29, 1.82) is 0 Å². The minimum atomic E-state index is -0.512. The van der Waals surface area contributed by atoms with Gasteiger partial charge in [0.05, 0.1) is 12.6 Å². The number of halogens is 2. The second kappa shape index (κ2) is 6.34. The lowest BCUT2D eigenvalue weighted by Gasteiger charge is -2.23. The first-order chi connectivity index (χ1) is 9.11. The fourth-order valence-corrected chi connectivity index (χ4v) is 2.50. The van der Waals surface area contributed by atoms with Crippen molar-refractivity contribution in [3.8, 4) is 5.75 Å². The molecule has 0 aromatic heterocycles. The number of aliphatic hydroxyl groups is 1. The van der Waals surface area contributed by atoms with Crippen LogP contribution >= 0.6 is 15.9 Å². The van der Waals surface area contributed by atoms with Gasteiger partial charge >= 0.3 is 0 Å². The van der Waals surface area contributed by atoms with Crippen molar-refractivity contribution in [1.82, 2.24) is 4.90 Å². The van der Waals surface area contributed by atoms with Crippen LogP contribution in [0.2, 0.25) is 0 Å². The number of nitrogens with zero attached hydrogens (tertiary/aromatic N) is 1. The summed E-state index contributed by atoms with van der Waals surface area (Å²) < 4.78 is 19.3. The number of hydrogen-bond donors (Lipinski definition) is 1. The first-order valence-corrected chi connectivity index (χ1v) is 6.89. The van der Waals surface area contributed by atoms with Gasteiger partial charge in [-0.2, -0.15) is 0 Å². The third-order valence-electron chi connectivity index (χ3n) is 3.15. The number of amides is 1. The maximum Gasteiger partial charge on any atom is 0.260 e. The Balaban J connectivity index is 1.93. The molecule has 1 aliphatic heterocycles. The molecule has 19 heavy (non-hydrogen) atoms. The number of benzene rings is 1. The first-order valence-electron chi connectivity index (χ1n) is 6.10. The Bertz CT molecular complexity index is 469. The van der Waals surface area contributed by atoms with Gasteiger partial charge in [0.1, 0.15) is 0 Å². The highest BCUT2D eigenvalue weighted by Crippen LogP contribution is 2.22.